The van der Waals surface area contributed by atoms with E-state index in [-0.39, 0.29) is 11.9 Å². The van der Waals surface area contributed by atoms with Crippen molar-refractivity contribution in [1.29, 1.82) is 0 Å². The van der Waals surface area contributed by atoms with E-state index in [9.17, 15) is 4.79 Å². The highest BCUT2D eigenvalue weighted by atomic mass is 32.2. The van der Waals surface area contributed by atoms with E-state index in [1.165, 1.54) is 23.1 Å². The molecule has 0 fully saturated rings. The predicted molar refractivity (Wildman–Crippen MR) is 120 cm³/mol. The first-order chi connectivity index (χ1) is 14.1. The van der Waals surface area contributed by atoms with Gasteiger partial charge in [-0.3, -0.25) is 10.1 Å². The van der Waals surface area contributed by atoms with Gasteiger partial charge in [0.15, 0.2) is 9.99 Å². The number of carbonyl (C=O) groups is 1. The van der Waals surface area contributed by atoms with Gasteiger partial charge < -0.3 is 0 Å². The molecule has 1 N–H and O–H groups in total. The third-order valence-corrected chi connectivity index (χ3v) is 6.89. The molecule has 0 saturated heterocycles. The molecule has 10 heteroatoms. The van der Waals surface area contributed by atoms with E-state index >= 15 is 0 Å². The molecule has 148 valence electrons. The molecule has 0 aliphatic heterocycles. The lowest BCUT2D eigenvalue weighted by molar-refractivity contribution is 0.102. The minimum Gasteiger partial charge on any atom is -0.296 e. The van der Waals surface area contributed by atoms with E-state index in [0.717, 1.165) is 20.7 Å². The van der Waals surface area contributed by atoms with Crippen LogP contribution in [0.15, 0.2) is 46.8 Å². The van der Waals surface area contributed by atoms with Crippen LogP contribution in [0, 0.1) is 0 Å². The number of rotatable bonds is 7. The molecule has 1 amide bonds. The molecule has 0 aliphatic carbocycles. The van der Waals surface area contributed by atoms with E-state index in [2.05, 4.69) is 27.2 Å². The Hall–Kier alpha value is -2.56. The van der Waals surface area contributed by atoms with Crippen molar-refractivity contribution in [3.8, 4) is 10.6 Å². The van der Waals surface area contributed by atoms with Crippen molar-refractivity contribution in [3.05, 3.63) is 48.0 Å². The molecule has 0 radical (unpaired) electrons. The molecule has 0 bridgehead atoms. The lowest BCUT2D eigenvalue weighted by Crippen LogP contribution is -2.13. The molecule has 0 saturated carbocycles. The second-order valence-corrected chi connectivity index (χ2v) is 9.57. The number of nitrogens with zero attached hydrogens (tertiary/aromatic N) is 5. The van der Waals surface area contributed by atoms with Crippen LogP contribution in [0.5, 0.6) is 0 Å². The average molecular weight is 443 g/mol. The van der Waals surface area contributed by atoms with Crippen LogP contribution in [0.4, 0.5) is 5.13 Å². The lowest BCUT2D eigenvalue weighted by Gasteiger charge is -2.09. The number of amides is 1. The topological polar surface area (TPSA) is 85.6 Å². The molecule has 0 aliphatic rings. The van der Waals surface area contributed by atoms with Crippen molar-refractivity contribution in [1.82, 2.24) is 25.0 Å². The van der Waals surface area contributed by atoms with Crippen molar-refractivity contribution in [2.45, 2.75) is 24.2 Å². The number of thiophene rings is 1. The Morgan fingerprint density at radius 1 is 1.41 bits per heavy atom. The summed E-state index contributed by atoms with van der Waals surface area (Å²) in [6.45, 7) is 7.77. The fourth-order valence-electron chi connectivity index (χ4n) is 2.75. The number of hydrogen-bond donors (Lipinski definition) is 1. The Labute approximate surface area is 179 Å². The Balaban J connectivity index is 1.72. The number of aromatic nitrogens is 5. The van der Waals surface area contributed by atoms with E-state index in [4.69, 9.17) is 4.98 Å². The number of hydrogen-bond acceptors (Lipinski definition) is 8. The zero-order valence-corrected chi connectivity index (χ0v) is 18.3. The van der Waals surface area contributed by atoms with E-state index < -0.39 is 0 Å². The number of carbonyl (C=O) groups excluding carboxylic acids is 1. The molecule has 4 aromatic heterocycles. The van der Waals surface area contributed by atoms with Gasteiger partial charge in [0, 0.05) is 11.8 Å². The first-order valence-corrected chi connectivity index (χ1v) is 11.6. The monoisotopic (exact) mass is 442 g/mol. The van der Waals surface area contributed by atoms with Gasteiger partial charge in [0.25, 0.3) is 5.91 Å². The second-order valence-electron chi connectivity index (χ2n) is 6.38. The standard InChI is InChI=1S/C19H18N6OS3/c1-4-7-28-19-24-23-18(29-19)22-17(26)12-9-14(15-6-5-8-27-15)21-16-13(12)10-20-25(16)11(2)3/h4-6,8-11H,1,7H2,2-3H3,(H,22,23,26). The quantitative estimate of drug-likeness (QED) is 0.243. The molecule has 0 spiro atoms. The largest absolute Gasteiger partial charge is 0.296 e. The smallest absolute Gasteiger partial charge is 0.258 e. The van der Waals surface area contributed by atoms with Crippen LogP contribution in [0.2, 0.25) is 0 Å². The molecule has 7 nitrogen and oxygen atoms in total. The van der Waals surface area contributed by atoms with Gasteiger partial charge in [0.05, 0.1) is 27.7 Å². The Morgan fingerprint density at radius 3 is 3.00 bits per heavy atom. The summed E-state index contributed by atoms with van der Waals surface area (Å²) in [5.74, 6) is 0.487. The van der Waals surface area contributed by atoms with Crippen LogP contribution < -0.4 is 5.32 Å². The third kappa shape index (κ3) is 4.09. The molecule has 0 unspecified atom stereocenters. The first-order valence-electron chi connectivity index (χ1n) is 8.87. The van der Waals surface area contributed by atoms with Crippen molar-refractivity contribution in [2.75, 3.05) is 11.1 Å². The van der Waals surface area contributed by atoms with Gasteiger partial charge in [-0.15, -0.1) is 28.1 Å². The molecular weight excluding hydrogens is 424 g/mol. The minimum atomic E-state index is -0.255. The normalized spacial score (nSPS) is 11.3. The summed E-state index contributed by atoms with van der Waals surface area (Å²) >= 11 is 4.45. The molecule has 0 atom stereocenters. The van der Waals surface area contributed by atoms with Gasteiger partial charge in [0.2, 0.25) is 5.13 Å². The van der Waals surface area contributed by atoms with Gasteiger partial charge in [0.1, 0.15) is 0 Å². The Kier molecular flexibility index (Phi) is 5.74. The van der Waals surface area contributed by atoms with E-state index in [0.29, 0.717) is 21.7 Å². The summed E-state index contributed by atoms with van der Waals surface area (Å²) in [7, 11) is 0. The third-order valence-electron chi connectivity index (χ3n) is 4.03. The van der Waals surface area contributed by atoms with Crippen LogP contribution in [-0.2, 0) is 0 Å². The van der Waals surface area contributed by atoms with Crippen LogP contribution in [-0.4, -0.2) is 36.6 Å². The fraction of sp³-hybridized carbons (Fsp3) is 0.211. The Bertz CT molecular complexity index is 1160. The van der Waals surface area contributed by atoms with E-state index in [1.807, 2.05) is 42.1 Å². The highest BCUT2D eigenvalue weighted by Crippen LogP contribution is 2.30. The maximum absolute atomic E-state index is 13.1. The minimum absolute atomic E-state index is 0.127. The number of fused-ring (bicyclic) bond motifs is 1. The maximum Gasteiger partial charge on any atom is 0.258 e. The van der Waals surface area contributed by atoms with Crippen molar-refractivity contribution < 1.29 is 4.79 Å². The van der Waals surface area contributed by atoms with Crippen LogP contribution in [0.1, 0.15) is 30.2 Å². The summed E-state index contributed by atoms with van der Waals surface area (Å²) in [5.41, 5.74) is 1.95. The van der Waals surface area contributed by atoms with Crippen molar-refractivity contribution in [3.63, 3.8) is 0 Å². The highest BCUT2D eigenvalue weighted by molar-refractivity contribution is 8.01. The van der Waals surface area contributed by atoms with Crippen molar-refractivity contribution in [2.24, 2.45) is 0 Å². The SMILES string of the molecule is C=CCSc1nnc(NC(=O)c2cc(-c3cccs3)nc3c2cnn3C(C)C)s1. The second kappa shape index (κ2) is 8.44. The summed E-state index contributed by atoms with van der Waals surface area (Å²) < 4.78 is 2.62. The van der Waals surface area contributed by atoms with E-state index in [1.54, 1.807) is 23.6 Å². The molecule has 4 rings (SSSR count). The molecular formula is C19H18N6OS3. The zero-order valence-electron chi connectivity index (χ0n) is 15.8. The summed E-state index contributed by atoms with van der Waals surface area (Å²) in [6, 6.07) is 5.89. The maximum atomic E-state index is 13.1. The zero-order chi connectivity index (χ0) is 20.4. The molecule has 4 heterocycles. The summed E-state index contributed by atoms with van der Waals surface area (Å²) in [4.78, 5) is 18.9. The molecule has 29 heavy (non-hydrogen) atoms. The van der Waals surface area contributed by atoms with Gasteiger partial charge in [-0.05, 0) is 31.4 Å². The van der Waals surface area contributed by atoms with Crippen LogP contribution >= 0.6 is 34.4 Å². The fourth-order valence-corrected chi connectivity index (χ4v) is 4.94. The van der Waals surface area contributed by atoms with Gasteiger partial charge in [-0.1, -0.05) is 35.2 Å². The van der Waals surface area contributed by atoms with Crippen molar-refractivity contribution >= 4 is 56.5 Å². The Morgan fingerprint density at radius 2 is 2.28 bits per heavy atom. The van der Waals surface area contributed by atoms with Crippen LogP contribution in [0.25, 0.3) is 21.6 Å². The molecule has 4 aromatic rings. The van der Waals surface area contributed by atoms with Gasteiger partial charge >= 0.3 is 0 Å². The first kappa shape index (κ1) is 19.7. The molecule has 0 aromatic carbocycles. The number of nitrogens with one attached hydrogen (secondary N) is 1. The van der Waals surface area contributed by atoms with Gasteiger partial charge in [-0.25, -0.2) is 9.67 Å². The number of thioether (sulfide) groups is 1. The average Bonchev–Trinajstić information content (AvgIpc) is 3.45. The highest BCUT2D eigenvalue weighted by Gasteiger charge is 2.20. The lowest BCUT2D eigenvalue weighted by atomic mass is 10.1. The summed E-state index contributed by atoms with van der Waals surface area (Å²) in [5, 5.41) is 18.6. The van der Waals surface area contributed by atoms with Gasteiger partial charge in [-0.2, -0.15) is 5.10 Å². The predicted octanol–water partition coefficient (Wildman–Crippen LogP) is 5.12. The summed E-state index contributed by atoms with van der Waals surface area (Å²) in [6.07, 6.45) is 3.50. The number of anilines is 1. The number of pyridine rings is 1. The van der Waals surface area contributed by atoms with Crippen LogP contribution in [0.3, 0.4) is 0 Å².